The number of hydrogen-bond acceptors (Lipinski definition) is 5. The predicted molar refractivity (Wildman–Crippen MR) is 122 cm³/mol. The van der Waals surface area contributed by atoms with E-state index >= 15 is 0 Å². The number of nitrogens with zero attached hydrogens (tertiary/aromatic N) is 4. The lowest BCUT2D eigenvalue weighted by molar-refractivity contribution is 0.0986. The van der Waals surface area contributed by atoms with Gasteiger partial charge in [0.25, 0.3) is 5.91 Å². The molecule has 0 aliphatic carbocycles. The zero-order chi connectivity index (χ0) is 20.3. The molecule has 0 aliphatic heterocycles. The highest BCUT2D eigenvalue weighted by atomic mass is 35.5. The molecule has 0 fully saturated rings. The second kappa shape index (κ2) is 10.0. The van der Waals surface area contributed by atoms with Crippen molar-refractivity contribution in [3.05, 3.63) is 53.8 Å². The van der Waals surface area contributed by atoms with Gasteiger partial charge in [-0.15, -0.1) is 12.4 Å². The van der Waals surface area contributed by atoms with Crippen LogP contribution in [0.4, 0.5) is 15.2 Å². The number of carbonyl (C=O) groups excluding carboxylic acids is 1. The Labute approximate surface area is 181 Å². The summed E-state index contributed by atoms with van der Waals surface area (Å²) in [7, 11) is 7.94. The van der Waals surface area contributed by atoms with Crippen molar-refractivity contribution in [3.8, 4) is 0 Å². The quantitative estimate of drug-likeness (QED) is 0.545. The van der Waals surface area contributed by atoms with Crippen LogP contribution in [-0.2, 0) is 0 Å². The lowest BCUT2D eigenvalue weighted by Gasteiger charge is -2.21. The maximum absolute atomic E-state index is 13.6. The number of carbonyl (C=O) groups is 1. The molecular weight excluding hydrogens is 411 g/mol. The Kier molecular flexibility index (Phi) is 7.96. The molecule has 3 rings (SSSR count). The maximum atomic E-state index is 13.6. The molecule has 0 saturated heterocycles. The summed E-state index contributed by atoms with van der Waals surface area (Å²) >= 11 is 1.34. The van der Waals surface area contributed by atoms with E-state index in [1.165, 1.54) is 23.5 Å². The summed E-state index contributed by atoms with van der Waals surface area (Å²) in [4.78, 5) is 23.6. The highest BCUT2D eigenvalue weighted by Gasteiger charge is 2.21. The molecule has 1 aromatic heterocycles. The van der Waals surface area contributed by atoms with Crippen LogP contribution in [0.3, 0.4) is 0 Å². The van der Waals surface area contributed by atoms with Crippen LogP contribution < -0.4 is 9.80 Å². The number of benzene rings is 2. The Hall–Kier alpha value is -2.22. The molecule has 2 aromatic carbocycles. The van der Waals surface area contributed by atoms with Gasteiger partial charge in [0.15, 0.2) is 5.13 Å². The van der Waals surface area contributed by atoms with Gasteiger partial charge in [0.05, 0.1) is 10.2 Å². The van der Waals surface area contributed by atoms with E-state index < -0.39 is 0 Å². The van der Waals surface area contributed by atoms with Crippen LogP contribution in [0.25, 0.3) is 10.2 Å². The number of anilines is 2. The number of rotatable bonds is 7. The fourth-order valence-electron chi connectivity index (χ4n) is 2.89. The molecule has 8 heteroatoms. The van der Waals surface area contributed by atoms with Crippen LogP contribution in [0.2, 0.25) is 0 Å². The summed E-state index contributed by atoms with van der Waals surface area (Å²) in [6.07, 6.45) is 0.818. The molecule has 1 heterocycles. The summed E-state index contributed by atoms with van der Waals surface area (Å²) < 4.78 is 14.3. The lowest BCUT2D eigenvalue weighted by atomic mass is 10.1. The van der Waals surface area contributed by atoms with Gasteiger partial charge in [-0.1, -0.05) is 11.3 Å². The number of fused-ring (bicyclic) bond motifs is 1. The molecule has 29 heavy (non-hydrogen) atoms. The first-order valence-corrected chi connectivity index (χ1v) is 9.97. The van der Waals surface area contributed by atoms with Gasteiger partial charge in [-0.3, -0.25) is 9.69 Å². The molecule has 156 valence electrons. The van der Waals surface area contributed by atoms with E-state index in [4.69, 9.17) is 0 Å². The molecule has 0 unspecified atom stereocenters. The first-order valence-electron chi connectivity index (χ1n) is 9.15. The van der Waals surface area contributed by atoms with Crippen LogP contribution in [0, 0.1) is 5.82 Å². The molecule has 0 bridgehead atoms. The van der Waals surface area contributed by atoms with E-state index in [2.05, 4.69) is 9.88 Å². The van der Waals surface area contributed by atoms with Crippen LogP contribution in [0.15, 0.2) is 42.5 Å². The largest absolute Gasteiger partial charge is 0.378 e. The minimum Gasteiger partial charge on any atom is -0.378 e. The van der Waals surface area contributed by atoms with Crippen molar-refractivity contribution in [1.82, 2.24) is 9.88 Å². The van der Waals surface area contributed by atoms with Gasteiger partial charge >= 0.3 is 0 Å². The summed E-state index contributed by atoms with van der Waals surface area (Å²) in [5.41, 5.74) is 2.35. The third kappa shape index (κ3) is 5.65. The molecule has 1 amide bonds. The van der Waals surface area contributed by atoms with Crippen molar-refractivity contribution in [2.45, 2.75) is 6.42 Å². The van der Waals surface area contributed by atoms with Crippen molar-refractivity contribution in [2.24, 2.45) is 0 Å². The minimum absolute atomic E-state index is 0. The van der Waals surface area contributed by atoms with E-state index in [1.54, 1.807) is 11.0 Å². The topological polar surface area (TPSA) is 39.7 Å². The molecule has 5 nitrogen and oxygen atoms in total. The fraction of sp³-hybridized carbons (Fsp3) is 0.333. The second-order valence-electron chi connectivity index (χ2n) is 7.16. The number of halogens is 2. The number of amides is 1. The summed E-state index contributed by atoms with van der Waals surface area (Å²) in [6, 6.07) is 12.0. The minimum atomic E-state index is -0.299. The lowest BCUT2D eigenvalue weighted by Crippen LogP contribution is -2.33. The van der Waals surface area contributed by atoms with E-state index in [9.17, 15) is 9.18 Å². The Morgan fingerprint density at radius 2 is 1.72 bits per heavy atom. The average Bonchev–Trinajstić information content (AvgIpc) is 3.07. The van der Waals surface area contributed by atoms with Gasteiger partial charge in [-0.25, -0.2) is 9.37 Å². The summed E-state index contributed by atoms with van der Waals surface area (Å²) in [5.74, 6) is -0.393. The molecule has 0 aliphatic rings. The van der Waals surface area contributed by atoms with Gasteiger partial charge < -0.3 is 9.80 Å². The third-order valence-corrected chi connectivity index (χ3v) is 5.47. The molecular formula is C21H26ClFN4OS. The molecule has 3 aromatic rings. The maximum Gasteiger partial charge on any atom is 0.260 e. The Balaban J connectivity index is 0.00000300. The Morgan fingerprint density at radius 3 is 2.34 bits per heavy atom. The smallest absolute Gasteiger partial charge is 0.260 e. The Bertz CT molecular complexity index is 959. The molecule has 0 saturated carbocycles. The van der Waals surface area contributed by atoms with Crippen LogP contribution in [0.5, 0.6) is 0 Å². The first kappa shape index (κ1) is 23.1. The normalized spacial score (nSPS) is 10.8. The molecule has 0 spiro atoms. The average molecular weight is 437 g/mol. The zero-order valence-corrected chi connectivity index (χ0v) is 18.7. The zero-order valence-electron chi connectivity index (χ0n) is 17.1. The highest BCUT2D eigenvalue weighted by Crippen LogP contribution is 2.30. The van der Waals surface area contributed by atoms with Gasteiger partial charge in [0.2, 0.25) is 0 Å². The van der Waals surface area contributed by atoms with Gasteiger partial charge in [-0.2, -0.15) is 0 Å². The predicted octanol–water partition coefficient (Wildman–Crippen LogP) is 4.52. The SMILES string of the molecule is CN(C)CCCN(C(=O)c1ccc(N(C)C)cc1)c1nc2ccc(F)cc2s1.Cl. The third-order valence-electron chi connectivity index (χ3n) is 4.43. The van der Waals surface area contributed by atoms with E-state index in [1.807, 2.05) is 57.4 Å². The summed E-state index contributed by atoms with van der Waals surface area (Å²) in [5, 5.41) is 0.598. The number of hydrogen-bond donors (Lipinski definition) is 0. The monoisotopic (exact) mass is 436 g/mol. The van der Waals surface area contributed by atoms with Crippen LogP contribution >= 0.6 is 23.7 Å². The van der Waals surface area contributed by atoms with E-state index in [0.29, 0.717) is 22.8 Å². The van der Waals surface area contributed by atoms with E-state index in [-0.39, 0.29) is 24.1 Å². The van der Waals surface area contributed by atoms with Crippen LogP contribution in [-0.4, -0.2) is 57.1 Å². The standard InChI is InChI=1S/C21H25FN4OS.ClH/c1-24(2)12-5-13-26(20(27)15-6-9-17(10-7-15)25(3)4)21-23-18-11-8-16(22)14-19(18)28-21;/h6-11,14H,5,12-13H2,1-4H3;1H. The van der Waals surface area contributed by atoms with Gasteiger partial charge in [0.1, 0.15) is 5.82 Å². The first-order chi connectivity index (χ1) is 13.3. The van der Waals surface area contributed by atoms with Crippen molar-refractivity contribution in [1.29, 1.82) is 0 Å². The summed E-state index contributed by atoms with van der Waals surface area (Å²) in [6.45, 7) is 1.41. The second-order valence-corrected chi connectivity index (χ2v) is 8.17. The number of thiazole rings is 1. The van der Waals surface area contributed by atoms with Crippen molar-refractivity contribution < 1.29 is 9.18 Å². The van der Waals surface area contributed by atoms with Crippen molar-refractivity contribution in [2.75, 3.05) is 51.1 Å². The molecule has 0 atom stereocenters. The Morgan fingerprint density at radius 1 is 1.03 bits per heavy atom. The van der Waals surface area contributed by atoms with Crippen molar-refractivity contribution >= 4 is 50.7 Å². The van der Waals surface area contributed by atoms with Crippen LogP contribution in [0.1, 0.15) is 16.8 Å². The fourth-order valence-corrected chi connectivity index (χ4v) is 3.90. The molecule has 0 N–H and O–H groups in total. The van der Waals surface area contributed by atoms with E-state index in [0.717, 1.165) is 23.4 Å². The number of aromatic nitrogens is 1. The van der Waals surface area contributed by atoms with Crippen molar-refractivity contribution in [3.63, 3.8) is 0 Å². The molecule has 0 radical (unpaired) electrons. The highest BCUT2D eigenvalue weighted by molar-refractivity contribution is 7.22. The van der Waals surface area contributed by atoms with Gasteiger partial charge in [-0.05, 0) is 69.5 Å². The van der Waals surface area contributed by atoms with Gasteiger partial charge in [0, 0.05) is 31.9 Å².